The molecule has 0 unspecified atom stereocenters. The number of aryl methyl sites for hydroxylation is 1. The van der Waals surface area contributed by atoms with Crippen LogP contribution in [0.4, 0.5) is 11.5 Å². The van der Waals surface area contributed by atoms with Gasteiger partial charge in [0.2, 0.25) is 0 Å². The molecule has 0 bridgehead atoms. The largest absolute Gasteiger partial charge is 0.508 e. The van der Waals surface area contributed by atoms with Crippen LogP contribution >= 0.6 is 0 Å². The molecule has 0 fully saturated rings. The summed E-state index contributed by atoms with van der Waals surface area (Å²) in [5.74, 6) is 0.897. The van der Waals surface area contributed by atoms with E-state index in [2.05, 4.69) is 15.3 Å². The highest BCUT2D eigenvalue weighted by atomic mass is 32.2. The van der Waals surface area contributed by atoms with E-state index in [-0.39, 0.29) is 11.5 Å². The quantitative estimate of drug-likeness (QED) is 0.555. The smallest absolute Gasteiger partial charge is 0.179 e. The van der Waals surface area contributed by atoms with Crippen molar-refractivity contribution in [1.29, 1.82) is 0 Å². The lowest BCUT2D eigenvalue weighted by molar-refractivity contribution is 0.476. The first kappa shape index (κ1) is 16.0. The summed E-state index contributed by atoms with van der Waals surface area (Å²) in [6.45, 7) is 0. The van der Waals surface area contributed by atoms with Crippen LogP contribution in [0.5, 0.6) is 5.75 Å². The van der Waals surface area contributed by atoms with Crippen molar-refractivity contribution < 1.29 is 13.5 Å². The molecule has 2 heterocycles. The van der Waals surface area contributed by atoms with Gasteiger partial charge in [-0.05, 0) is 53.8 Å². The number of aromatic hydroxyl groups is 1. The highest BCUT2D eigenvalue weighted by molar-refractivity contribution is 7.91. The monoisotopic (exact) mass is 377 g/mol. The average molecular weight is 377 g/mol. The Kier molecular flexibility index (Phi) is 3.35. The summed E-state index contributed by atoms with van der Waals surface area (Å²) >= 11 is 0. The van der Waals surface area contributed by atoms with Gasteiger partial charge in [0.05, 0.1) is 16.2 Å². The highest BCUT2D eigenvalue weighted by Gasteiger charge is 2.29. The molecule has 1 aromatic heterocycles. The molecule has 0 spiro atoms. The first-order valence-electron chi connectivity index (χ1n) is 8.51. The van der Waals surface area contributed by atoms with Crippen LogP contribution in [0.15, 0.2) is 59.8 Å². The minimum absolute atomic E-state index is 0.114. The zero-order chi connectivity index (χ0) is 18.6. The van der Waals surface area contributed by atoms with E-state index in [0.717, 1.165) is 27.4 Å². The van der Waals surface area contributed by atoms with E-state index < -0.39 is 9.84 Å². The molecule has 0 amide bonds. The molecule has 7 heteroatoms. The van der Waals surface area contributed by atoms with Gasteiger partial charge in [-0.1, -0.05) is 12.1 Å². The van der Waals surface area contributed by atoms with Crippen molar-refractivity contribution in [2.24, 2.45) is 0 Å². The number of hydrogen-bond acceptors (Lipinski definition) is 6. The van der Waals surface area contributed by atoms with E-state index in [1.807, 2.05) is 24.3 Å². The number of anilines is 2. The number of aromatic nitrogens is 2. The highest BCUT2D eigenvalue weighted by Crippen LogP contribution is 2.36. The van der Waals surface area contributed by atoms with Gasteiger partial charge in [-0.25, -0.2) is 18.4 Å². The molecule has 0 atom stereocenters. The number of nitrogens with one attached hydrogen (secondary N) is 1. The number of benzene rings is 3. The van der Waals surface area contributed by atoms with Crippen LogP contribution in [0, 0.1) is 0 Å². The predicted molar refractivity (Wildman–Crippen MR) is 104 cm³/mol. The summed E-state index contributed by atoms with van der Waals surface area (Å²) < 4.78 is 24.6. The maximum atomic E-state index is 12.3. The van der Waals surface area contributed by atoms with E-state index in [1.165, 1.54) is 6.33 Å². The zero-order valence-corrected chi connectivity index (χ0v) is 15.0. The molecule has 27 heavy (non-hydrogen) atoms. The summed E-state index contributed by atoms with van der Waals surface area (Å²) in [6.07, 6.45) is 1.93. The second kappa shape index (κ2) is 5.65. The molecule has 0 saturated carbocycles. The standard InChI is InChI=1S/C20H15N3O3S/c24-13-4-5-14-12(10-13)2-1-3-16(14)23-20-19-15-8-9-27(25,26)18(15)7-6-17(19)21-11-22-20/h1-7,10-11,24H,8-9H2,(H,21,22,23). The summed E-state index contributed by atoms with van der Waals surface area (Å²) in [4.78, 5) is 9.06. The Balaban J connectivity index is 1.72. The van der Waals surface area contributed by atoms with Crippen molar-refractivity contribution in [3.8, 4) is 5.75 Å². The van der Waals surface area contributed by atoms with Gasteiger partial charge in [0, 0.05) is 16.5 Å². The molecular weight excluding hydrogens is 362 g/mol. The van der Waals surface area contributed by atoms with E-state index in [1.54, 1.807) is 24.3 Å². The van der Waals surface area contributed by atoms with Gasteiger partial charge < -0.3 is 10.4 Å². The summed E-state index contributed by atoms with van der Waals surface area (Å²) in [5.41, 5.74) is 2.31. The molecule has 134 valence electrons. The van der Waals surface area contributed by atoms with E-state index in [9.17, 15) is 13.5 Å². The molecule has 2 N–H and O–H groups in total. The van der Waals surface area contributed by atoms with Crippen LogP contribution in [0.25, 0.3) is 21.7 Å². The van der Waals surface area contributed by atoms with Gasteiger partial charge in [0.25, 0.3) is 0 Å². The van der Waals surface area contributed by atoms with Crippen LogP contribution in [-0.2, 0) is 16.3 Å². The molecule has 1 aliphatic heterocycles. The topological polar surface area (TPSA) is 92.2 Å². The first-order chi connectivity index (χ1) is 13.0. The molecule has 5 rings (SSSR count). The van der Waals surface area contributed by atoms with Crippen molar-refractivity contribution >= 4 is 43.0 Å². The number of hydrogen-bond donors (Lipinski definition) is 2. The lowest BCUT2D eigenvalue weighted by Crippen LogP contribution is -2.00. The summed E-state index contributed by atoms with van der Waals surface area (Å²) in [5, 5.41) is 15.6. The van der Waals surface area contributed by atoms with Crippen molar-refractivity contribution in [2.45, 2.75) is 11.3 Å². The fourth-order valence-corrected chi connectivity index (χ4v) is 5.24. The van der Waals surface area contributed by atoms with Crippen LogP contribution in [0.1, 0.15) is 5.56 Å². The van der Waals surface area contributed by atoms with Gasteiger partial charge in [-0.2, -0.15) is 0 Å². The molecule has 0 radical (unpaired) electrons. The average Bonchev–Trinajstić information content (AvgIpc) is 2.97. The summed E-state index contributed by atoms with van der Waals surface area (Å²) in [7, 11) is -3.24. The minimum Gasteiger partial charge on any atom is -0.508 e. The molecule has 0 aliphatic carbocycles. The zero-order valence-electron chi connectivity index (χ0n) is 14.2. The molecule has 6 nitrogen and oxygen atoms in total. The van der Waals surface area contributed by atoms with E-state index in [0.29, 0.717) is 22.7 Å². The van der Waals surface area contributed by atoms with E-state index >= 15 is 0 Å². The maximum Gasteiger partial charge on any atom is 0.179 e. The van der Waals surface area contributed by atoms with Gasteiger partial charge in [0.15, 0.2) is 9.84 Å². The van der Waals surface area contributed by atoms with Crippen LogP contribution < -0.4 is 5.32 Å². The van der Waals surface area contributed by atoms with Gasteiger partial charge in [-0.3, -0.25) is 0 Å². The Hall–Kier alpha value is -3.19. The number of nitrogens with zero attached hydrogens (tertiary/aromatic N) is 2. The normalized spacial score (nSPS) is 15.1. The van der Waals surface area contributed by atoms with Crippen molar-refractivity contribution in [2.75, 3.05) is 11.1 Å². The lowest BCUT2D eigenvalue weighted by Gasteiger charge is -2.13. The van der Waals surface area contributed by atoms with Crippen molar-refractivity contribution in [3.63, 3.8) is 0 Å². The van der Waals surface area contributed by atoms with Crippen LogP contribution in [0.2, 0.25) is 0 Å². The van der Waals surface area contributed by atoms with Crippen molar-refractivity contribution in [3.05, 3.63) is 60.4 Å². The first-order valence-corrected chi connectivity index (χ1v) is 10.2. The maximum absolute atomic E-state index is 12.3. The predicted octanol–water partition coefficient (Wildman–Crippen LogP) is 3.56. The third-order valence-electron chi connectivity index (χ3n) is 4.94. The van der Waals surface area contributed by atoms with Crippen molar-refractivity contribution in [1.82, 2.24) is 9.97 Å². The van der Waals surface area contributed by atoms with Gasteiger partial charge >= 0.3 is 0 Å². The van der Waals surface area contributed by atoms with Crippen LogP contribution in [-0.4, -0.2) is 29.2 Å². The Morgan fingerprint density at radius 1 is 1.04 bits per heavy atom. The molecule has 0 saturated heterocycles. The number of rotatable bonds is 2. The second-order valence-electron chi connectivity index (χ2n) is 6.56. The second-order valence-corrected chi connectivity index (χ2v) is 8.64. The SMILES string of the molecule is O=S1(=O)CCc2c1ccc1ncnc(Nc3cccc4cc(O)ccc34)c21. The Bertz CT molecular complexity index is 1330. The molecule has 3 aromatic carbocycles. The third kappa shape index (κ3) is 2.50. The van der Waals surface area contributed by atoms with E-state index in [4.69, 9.17) is 0 Å². The summed E-state index contributed by atoms with van der Waals surface area (Å²) in [6, 6.07) is 14.3. The van der Waals surface area contributed by atoms with Crippen LogP contribution in [0.3, 0.4) is 0 Å². The third-order valence-corrected chi connectivity index (χ3v) is 6.74. The van der Waals surface area contributed by atoms with Gasteiger partial charge in [-0.15, -0.1) is 0 Å². The minimum atomic E-state index is -3.24. The fraction of sp³-hybridized carbons (Fsp3) is 0.100. The number of fused-ring (bicyclic) bond motifs is 4. The lowest BCUT2D eigenvalue weighted by atomic mass is 10.1. The Labute approximate surface area is 155 Å². The fourth-order valence-electron chi connectivity index (χ4n) is 3.69. The number of sulfone groups is 1. The number of phenols is 1. The molecule has 1 aliphatic rings. The number of phenolic OH excluding ortho intramolecular Hbond substituents is 1. The van der Waals surface area contributed by atoms with Gasteiger partial charge in [0.1, 0.15) is 17.9 Å². The molecular formula is C20H15N3O3S. The molecule has 4 aromatic rings. The Morgan fingerprint density at radius 2 is 1.93 bits per heavy atom. The Morgan fingerprint density at radius 3 is 2.81 bits per heavy atom.